The van der Waals surface area contributed by atoms with Crippen molar-refractivity contribution < 1.29 is 13.9 Å². The third-order valence-corrected chi connectivity index (χ3v) is 5.58. The first-order chi connectivity index (χ1) is 14.2. The number of amides is 1. The van der Waals surface area contributed by atoms with Crippen molar-refractivity contribution in [3.05, 3.63) is 24.2 Å². The van der Waals surface area contributed by atoms with E-state index in [1.807, 2.05) is 17.0 Å². The van der Waals surface area contributed by atoms with Crippen LogP contribution >= 0.6 is 24.0 Å². The first kappa shape index (κ1) is 24.9. The molecule has 1 amide bonds. The topological polar surface area (TPSA) is 73.6 Å². The summed E-state index contributed by atoms with van der Waals surface area (Å²) in [4.78, 5) is 23.8. The molecule has 1 aromatic rings. The number of hydrogen-bond donors (Lipinski definition) is 1. The van der Waals surface area contributed by atoms with Crippen molar-refractivity contribution in [2.45, 2.75) is 32.7 Å². The molecule has 1 unspecified atom stereocenters. The summed E-state index contributed by atoms with van der Waals surface area (Å²) in [5.74, 6) is 2.14. The number of hydrogen-bond acceptors (Lipinski definition) is 5. The van der Waals surface area contributed by atoms with E-state index >= 15 is 0 Å². The maximum atomic E-state index is 12.5. The largest absolute Gasteiger partial charge is 0.469 e. The fraction of sp³-hybridized carbons (Fsp3) is 0.714. The standard InChI is InChI=1S/C21H35N5O3.HI/c1-3-18(2)23-21(22-7-6-19-5-4-14-29-19)26-10-8-24(9-11-26)17-20(27)25-12-15-28-16-13-25;/h4-5,14,18H,3,6-13,15-17H2,1-2H3,(H,22,23);1H. The molecule has 2 fully saturated rings. The Morgan fingerprint density at radius 2 is 1.90 bits per heavy atom. The van der Waals surface area contributed by atoms with E-state index in [1.54, 1.807) is 6.26 Å². The second-order valence-electron chi connectivity index (χ2n) is 7.74. The number of carbonyl (C=O) groups is 1. The average Bonchev–Trinajstić information content (AvgIpc) is 3.27. The number of furan rings is 1. The minimum Gasteiger partial charge on any atom is -0.469 e. The van der Waals surface area contributed by atoms with Crippen LogP contribution < -0.4 is 5.32 Å². The molecule has 0 aliphatic carbocycles. The van der Waals surface area contributed by atoms with Crippen molar-refractivity contribution >= 4 is 35.8 Å². The van der Waals surface area contributed by atoms with Gasteiger partial charge < -0.3 is 24.3 Å². The van der Waals surface area contributed by atoms with E-state index < -0.39 is 0 Å². The molecule has 1 atom stereocenters. The monoisotopic (exact) mass is 533 g/mol. The lowest BCUT2D eigenvalue weighted by Crippen LogP contribution is -2.55. The molecule has 0 radical (unpaired) electrons. The molecule has 2 saturated heterocycles. The Bertz CT molecular complexity index is 641. The van der Waals surface area contributed by atoms with E-state index in [9.17, 15) is 4.79 Å². The number of morpholine rings is 1. The SMILES string of the molecule is CCC(C)NC(=NCCc1ccco1)N1CCN(CC(=O)N2CCOCC2)CC1.I. The Balaban J connectivity index is 0.00000320. The van der Waals surface area contributed by atoms with Gasteiger partial charge in [0.05, 0.1) is 26.0 Å². The van der Waals surface area contributed by atoms with Crippen LogP contribution in [0.3, 0.4) is 0 Å². The Morgan fingerprint density at radius 1 is 1.17 bits per heavy atom. The lowest BCUT2D eigenvalue weighted by molar-refractivity contribution is -0.136. The van der Waals surface area contributed by atoms with Gasteiger partial charge in [0.2, 0.25) is 5.91 Å². The Labute approximate surface area is 197 Å². The highest BCUT2D eigenvalue weighted by Crippen LogP contribution is 2.07. The molecule has 9 heteroatoms. The molecular formula is C21H36IN5O3. The summed E-state index contributed by atoms with van der Waals surface area (Å²) in [5.41, 5.74) is 0. The molecule has 2 aliphatic heterocycles. The third-order valence-electron chi connectivity index (χ3n) is 5.58. The van der Waals surface area contributed by atoms with Gasteiger partial charge >= 0.3 is 0 Å². The van der Waals surface area contributed by atoms with Gasteiger partial charge in [-0.3, -0.25) is 14.7 Å². The molecule has 30 heavy (non-hydrogen) atoms. The summed E-state index contributed by atoms with van der Waals surface area (Å²) in [6.07, 6.45) is 3.55. The van der Waals surface area contributed by atoms with Gasteiger partial charge in [0.15, 0.2) is 5.96 Å². The Hall–Kier alpha value is -1.33. The van der Waals surface area contributed by atoms with Gasteiger partial charge in [0, 0.05) is 58.3 Å². The zero-order chi connectivity index (χ0) is 20.5. The first-order valence-electron chi connectivity index (χ1n) is 10.8. The van der Waals surface area contributed by atoms with Crippen molar-refractivity contribution in [3.8, 4) is 0 Å². The number of guanidine groups is 1. The fourth-order valence-corrected chi connectivity index (χ4v) is 3.51. The number of nitrogens with zero attached hydrogens (tertiary/aromatic N) is 4. The fourth-order valence-electron chi connectivity index (χ4n) is 3.51. The van der Waals surface area contributed by atoms with Gasteiger partial charge in [-0.05, 0) is 25.5 Å². The lowest BCUT2D eigenvalue weighted by Gasteiger charge is -2.38. The van der Waals surface area contributed by atoms with E-state index in [2.05, 4.69) is 29.0 Å². The van der Waals surface area contributed by atoms with Gasteiger partial charge in [0.1, 0.15) is 5.76 Å². The minimum absolute atomic E-state index is 0. The number of piperazine rings is 1. The van der Waals surface area contributed by atoms with Crippen LogP contribution in [0, 0.1) is 0 Å². The molecule has 0 saturated carbocycles. The van der Waals surface area contributed by atoms with Gasteiger partial charge in [-0.1, -0.05) is 6.92 Å². The highest BCUT2D eigenvalue weighted by atomic mass is 127. The van der Waals surface area contributed by atoms with Crippen LogP contribution in [-0.4, -0.2) is 98.2 Å². The highest BCUT2D eigenvalue weighted by molar-refractivity contribution is 14.0. The molecule has 170 valence electrons. The van der Waals surface area contributed by atoms with Crippen molar-refractivity contribution in [1.29, 1.82) is 0 Å². The smallest absolute Gasteiger partial charge is 0.236 e. The van der Waals surface area contributed by atoms with Crippen LogP contribution in [-0.2, 0) is 16.0 Å². The molecule has 0 spiro atoms. The minimum atomic E-state index is 0. The van der Waals surface area contributed by atoms with E-state index in [4.69, 9.17) is 14.1 Å². The van der Waals surface area contributed by atoms with Crippen molar-refractivity contribution in [3.63, 3.8) is 0 Å². The zero-order valence-corrected chi connectivity index (χ0v) is 20.5. The molecule has 2 aliphatic rings. The van der Waals surface area contributed by atoms with E-state index in [-0.39, 0.29) is 29.9 Å². The quantitative estimate of drug-likeness (QED) is 0.327. The first-order valence-corrected chi connectivity index (χ1v) is 10.8. The Kier molecular flexibility index (Phi) is 10.9. The summed E-state index contributed by atoms with van der Waals surface area (Å²) in [7, 11) is 0. The average molecular weight is 533 g/mol. The van der Waals surface area contributed by atoms with Gasteiger partial charge in [-0.2, -0.15) is 0 Å². The van der Waals surface area contributed by atoms with Crippen LogP contribution in [0.25, 0.3) is 0 Å². The van der Waals surface area contributed by atoms with Gasteiger partial charge in [0.25, 0.3) is 0 Å². The molecule has 3 heterocycles. The van der Waals surface area contributed by atoms with E-state index in [0.717, 1.165) is 50.7 Å². The number of ether oxygens (including phenoxy) is 1. The predicted molar refractivity (Wildman–Crippen MR) is 128 cm³/mol. The lowest BCUT2D eigenvalue weighted by atomic mass is 10.2. The molecule has 1 aromatic heterocycles. The Morgan fingerprint density at radius 3 is 2.53 bits per heavy atom. The van der Waals surface area contributed by atoms with Crippen LogP contribution in [0.15, 0.2) is 27.8 Å². The summed E-state index contributed by atoms with van der Waals surface area (Å²) in [5, 5.41) is 3.56. The third kappa shape index (κ3) is 7.73. The van der Waals surface area contributed by atoms with Gasteiger partial charge in [-0.25, -0.2) is 0 Å². The molecule has 0 bridgehead atoms. The van der Waals surface area contributed by atoms with Crippen LogP contribution in [0.4, 0.5) is 0 Å². The van der Waals surface area contributed by atoms with E-state index in [0.29, 0.717) is 45.4 Å². The molecular weight excluding hydrogens is 497 g/mol. The van der Waals surface area contributed by atoms with Crippen LogP contribution in [0.2, 0.25) is 0 Å². The number of nitrogens with one attached hydrogen (secondary N) is 1. The van der Waals surface area contributed by atoms with Crippen molar-refractivity contribution in [1.82, 2.24) is 20.0 Å². The molecule has 1 N–H and O–H groups in total. The maximum Gasteiger partial charge on any atom is 0.236 e. The maximum absolute atomic E-state index is 12.5. The number of aliphatic imine (C=N–C) groups is 1. The summed E-state index contributed by atoms with van der Waals surface area (Å²) in [6, 6.07) is 4.27. The zero-order valence-electron chi connectivity index (χ0n) is 18.2. The second kappa shape index (κ2) is 13.2. The molecule has 8 nitrogen and oxygen atoms in total. The van der Waals surface area contributed by atoms with Crippen LogP contribution in [0.1, 0.15) is 26.0 Å². The summed E-state index contributed by atoms with van der Waals surface area (Å²) >= 11 is 0. The van der Waals surface area contributed by atoms with Gasteiger partial charge in [-0.15, -0.1) is 24.0 Å². The van der Waals surface area contributed by atoms with Crippen molar-refractivity contribution in [2.75, 3.05) is 65.6 Å². The number of rotatable bonds is 7. The normalized spacial score (nSPS) is 19.3. The molecule has 0 aromatic carbocycles. The molecule has 3 rings (SSSR count). The summed E-state index contributed by atoms with van der Waals surface area (Å²) in [6.45, 7) is 11.8. The number of halogens is 1. The van der Waals surface area contributed by atoms with Crippen molar-refractivity contribution in [2.24, 2.45) is 4.99 Å². The summed E-state index contributed by atoms with van der Waals surface area (Å²) < 4.78 is 10.7. The second-order valence-corrected chi connectivity index (χ2v) is 7.74. The van der Waals surface area contributed by atoms with Crippen LogP contribution in [0.5, 0.6) is 0 Å². The number of carbonyl (C=O) groups excluding carboxylic acids is 1. The highest BCUT2D eigenvalue weighted by Gasteiger charge is 2.24. The predicted octanol–water partition coefficient (Wildman–Crippen LogP) is 1.66. The van der Waals surface area contributed by atoms with E-state index in [1.165, 1.54) is 0 Å².